The number of hydrogen-bond donors (Lipinski definition) is 1. The van der Waals surface area contributed by atoms with E-state index in [1.807, 2.05) is 16.8 Å². The Morgan fingerprint density at radius 2 is 2.28 bits per heavy atom. The molecule has 98 valence electrons. The highest BCUT2D eigenvalue weighted by atomic mass is 79.9. The van der Waals surface area contributed by atoms with E-state index >= 15 is 0 Å². The van der Waals surface area contributed by atoms with E-state index in [-0.39, 0.29) is 0 Å². The highest BCUT2D eigenvalue weighted by Gasteiger charge is 2.09. The molecule has 0 aliphatic rings. The second-order valence-corrected chi connectivity index (χ2v) is 5.42. The lowest BCUT2D eigenvalue weighted by molar-refractivity contribution is 0.613. The molecule has 0 aromatic carbocycles. The van der Waals surface area contributed by atoms with Gasteiger partial charge in [0.1, 0.15) is 4.60 Å². The maximum atomic E-state index is 4.46. The Hall–Kier alpha value is -1.10. The molecule has 0 radical (unpaired) electrons. The van der Waals surface area contributed by atoms with Crippen molar-refractivity contribution in [3.8, 4) is 0 Å². The second kappa shape index (κ2) is 6.18. The predicted molar refractivity (Wildman–Crippen MR) is 77.9 cm³/mol. The number of fused-ring (bicyclic) bond motifs is 1. The molecule has 0 fully saturated rings. The van der Waals surface area contributed by atoms with Crippen LogP contribution in [-0.4, -0.2) is 20.4 Å². The number of aromatic nitrogens is 3. The first-order chi connectivity index (χ1) is 8.70. The smallest absolute Gasteiger partial charge is 0.180 e. The zero-order valence-electron chi connectivity index (χ0n) is 10.9. The van der Waals surface area contributed by atoms with Crippen molar-refractivity contribution < 1.29 is 0 Å². The lowest BCUT2D eigenvalue weighted by Crippen LogP contribution is -2.16. The Morgan fingerprint density at radius 1 is 1.44 bits per heavy atom. The average Bonchev–Trinajstić information content (AvgIpc) is 2.77. The molecule has 18 heavy (non-hydrogen) atoms. The van der Waals surface area contributed by atoms with Crippen molar-refractivity contribution in [2.75, 3.05) is 5.32 Å². The summed E-state index contributed by atoms with van der Waals surface area (Å²) in [6.45, 7) is 4.42. The molecular weight excluding hydrogens is 292 g/mol. The van der Waals surface area contributed by atoms with Crippen molar-refractivity contribution in [1.29, 1.82) is 0 Å². The van der Waals surface area contributed by atoms with Gasteiger partial charge in [-0.25, -0.2) is 9.97 Å². The highest BCUT2D eigenvalue weighted by molar-refractivity contribution is 9.10. The fourth-order valence-corrected chi connectivity index (χ4v) is 2.40. The maximum Gasteiger partial charge on any atom is 0.180 e. The number of nitrogens with one attached hydrogen (secondary N) is 1. The summed E-state index contributed by atoms with van der Waals surface area (Å²) in [4.78, 5) is 8.79. The van der Waals surface area contributed by atoms with Crippen molar-refractivity contribution in [2.45, 2.75) is 45.6 Å². The maximum absolute atomic E-state index is 4.46. The number of anilines is 1. The van der Waals surface area contributed by atoms with Crippen LogP contribution in [-0.2, 0) is 0 Å². The van der Waals surface area contributed by atoms with Gasteiger partial charge in [-0.15, -0.1) is 0 Å². The Kier molecular flexibility index (Phi) is 4.58. The molecule has 4 nitrogen and oxygen atoms in total. The Labute approximate surface area is 116 Å². The van der Waals surface area contributed by atoms with Crippen LogP contribution in [0.5, 0.6) is 0 Å². The summed E-state index contributed by atoms with van der Waals surface area (Å²) in [6.07, 6.45) is 10.6. The van der Waals surface area contributed by atoms with Crippen LogP contribution in [0.2, 0.25) is 0 Å². The van der Waals surface area contributed by atoms with Crippen LogP contribution in [0.15, 0.2) is 23.2 Å². The Balaban J connectivity index is 2.08. The van der Waals surface area contributed by atoms with E-state index in [1.54, 1.807) is 6.20 Å². The minimum atomic E-state index is 0.416. The largest absolute Gasteiger partial charge is 0.364 e. The molecule has 2 aromatic rings. The molecule has 0 aliphatic heterocycles. The lowest BCUT2D eigenvalue weighted by Gasteiger charge is -2.15. The molecule has 0 spiro atoms. The summed E-state index contributed by atoms with van der Waals surface area (Å²) >= 11 is 3.42. The Morgan fingerprint density at radius 3 is 3.06 bits per heavy atom. The van der Waals surface area contributed by atoms with Gasteiger partial charge in [0, 0.05) is 24.6 Å². The van der Waals surface area contributed by atoms with Gasteiger partial charge in [-0.1, -0.05) is 26.2 Å². The van der Waals surface area contributed by atoms with Crippen molar-refractivity contribution in [3.05, 3.63) is 23.2 Å². The molecule has 1 N–H and O–H groups in total. The van der Waals surface area contributed by atoms with Crippen LogP contribution in [0.1, 0.15) is 39.5 Å². The second-order valence-electron chi connectivity index (χ2n) is 4.61. The van der Waals surface area contributed by atoms with Crippen LogP contribution in [0.4, 0.5) is 5.82 Å². The number of rotatable bonds is 6. The van der Waals surface area contributed by atoms with Gasteiger partial charge >= 0.3 is 0 Å². The minimum absolute atomic E-state index is 0.416. The molecule has 0 bridgehead atoms. The fraction of sp³-hybridized carbons (Fsp3) is 0.538. The van der Waals surface area contributed by atoms with Crippen molar-refractivity contribution in [2.24, 2.45) is 0 Å². The third kappa shape index (κ3) is 3.22. The fourth-order valence-electron chi connectivity index (χ4n) is 2.00. The Bertz CT molecular complexity index is 509. The molecule has 0 saturated heterocycles. The molecule has 5 heteroatoms. The molecule has 2 heterocycles. The molecule has 1 unspecified atom stereocenters. The molecule has 2 rings (SSSR count). The van der Waals surface area contributed by atoms with Crippen LogP contribution >= 0.6 is 15.9 Å². The first kappa shape index (κ1) is 13.3. The van der Waals surface area contributed by atoms with E-state index < -0.39 is 0 Å². The normalized spacial score (nSPS) is 12.8. The van der Waals surface area contributed by atoms with E-state index in [4.69, 9.17) is 0 Å². The third-order valence-corrected chi connectivity index (χ3v) is 3.35. The van der Waals surface area contributed by atoms with Crippen LogP contribution in [0.25, 0.3) is 5.65 Å². The first-order valence-electron chi connectivity index (χ1n) is 6.46. The van der Waals surface area contributed by atoms with Crippen molar-refractivity contribution in [1.82, 2.24) is 14.4 Å². The lowest BCUT2D eigenvalue weighted by atomic mass is 10.1. The molecule has 0 saturated carbocycles. The van der Waals surface area contributed by atoms with E-state index in [2.05, 4.69) is 45.1 Å². The quantitative estimate of drug-likeness (QED) is 0.823. The molecule has 2 aromatic heterocycles. The van der Waals surface area contributed by atoms with Crippen LogP contribution in [0.3, 0.4) is 0 Å². The van der Waals surface area contributed by atoms with Gasteiger partial charge in [-0.2, -0.15) is 0 Å². The van der Waals surface area contributed by atoms with Crippen molar-refractivity contribution >= 4 is 27.4 Å². The highest BCUT2D eigenvalue weighted by Crippen LogP contribution is 2.18. The summed E-state index contributed by atoms with van der Waals surface area (Å²) in [5.41, 5.74) is 0.876. The van der Waals surface area contributed by atoms with E-state index in [0.29, 0.717) is 6.04 Å². The average molecular weight is 311 g/mol. The van der Waals surface area contributed by atoms with Gasteiger partial charge < -0.3 is 9.72 Å². The molecule has 0 amide bonds. The molecule has 1 atom stereocenters. The van der Waals surface area contributed by atoms with Gasteiger partial charge in [-0.05, 0) is 29.3 Å². The van der Waals surface area contributed by atoms with E-state index in [1.165, 1.54) is 19.3 Å². The van der Waals surface area contributed by atoms with E-state index in [0.717, 1.165) is 22.5 Å². The standard InChI is InChI=1S/C13H19BrN4/c1-3-4-5-6-10(2)16-12-13-15-7-8-18(13)9-11(14)17-12/h7-10H,3-6H2,1-2H3,(H,16,17). The minimum Gasteiger partial charge on any atom is -0.364 e. The van der Waals surface area contributed by atoms with Crippen molar-refractivity contribution in [3.63, 3.8) is 0 Å². The third-order valence-electron chi connectivity index (χ3n) is 2.97. The summed E-state index contributed by atoms with van der Waals surface area (Å²) in [5.74, 6) is 0.846. The number of imidazole rings is 1. The van der Waals surface area contributed by atoms with Gasteiger partial charge in [0.15, 0.2) is 11.5 Å². The summed E-state index contributed by atoms with van der Waals surface area (Å²) < 4.78 is 2.79. The number of hydrogen-bond acceptors (Lipinski definition) is 3. The monoisotopic (exact) mass is 310 g/mol. The zero-order chi connectivity index (χ0) is 13.0. The summed E-state index contributed by atoms with van der Waals surface area (Å²) in [7, 11) is 0. The van der Waals surface area contributed by atoms with Gasteiger partial charge in [0.2, 0.25) is 0 Å². The van der Waals surface area contributed by atoms with Gasteiger partial charge in [0.25, 0.3) is 0 Å². The number of halogens is 1. The zero-order valence-corrected chi connectivity index (χ0v) is 12.4. The number of nitrogens with zero attached hydrogens (tertiary/aromatic N) is 3. The topological polar surface area (TPSA) is 42.2 Å². The summed E-state index contributed by atoms with van der Waals surface area (Å²) in [5, 5.41) is 3.45. The van der Waals surface area contributed by atoms with Crippen LogP contribution < -0.4 is 5.32 Å². The predicted octanol–water partition coefficient (Wildman–Crippen LogP) is 3.87. The SMILES string of the molecule is CCCCCC(C)Nc1nc(Br)cn2ccnc12. The number of unbranched alkanes of at least 4 members (excludes halogenated alkanes) is 2. The summed E-state index contributed by atoms with van der Waals surface area (Å²) in [6, 6.07) is 0.416. The van der Waals surface area contributed by atoms with Crippen LogP contribution in [0, 0.1) is 0 Å². The van der Waals surface area contributed by atoms with Gasteiger partial charge in [0.05, 0.1) is 0 Å². The molecular formula is C13H19BrN4. The molecule has 0 aliphatic carbocycles. The van der Waals surface area contributed by atoms with Gasteiger partial charge in [-0.3, -0.25) is 0 Å². The first-order valence-corrected chi connectivity index (χ1v) is 7.25. The van der Waals surface area contributed by atoms with E-state index in [9.17, 15) is 0 Å².